The fraction of sp³-hybridized carbons (Fsp3) is 0.500. The summed E-state index contributed by atoms with van der Waals surface area (Å²) in [5.74, 6) is -0.124. The molecule has 1 aliphatic heterocycles. The van der Waals surface area contributed by atoms with Gasteiger partial charge in [0.1, 0.15) is 11.3 Å². The molecule has 1 amide bonds. The van der Waals surface area contributed by atoms with Gasteiger partial charge in [0.25, 0.3) is 5.91 Å². The van der Waals surface area contributed by atoms with E-state index in [1.807, 2.05) is 29.7 Å². The zero-order valence-electron chi connectivity index (χ0n) is 13.1. The number of nitrogens with one attached hydrogen (secondary N) is 1. The van der Waals surface area contributed by atoms with Crippen LogP contribution in [0.4, 0.5) is 0 Å². The summed E-state index contributed by atoms with van der Waals surface area (Å²) in [6.07, 6.45) is 3.69. The summed E-state index contributed by atoms with van der Waals surface area (Å²) < 4.78 is 7.21. The first-order valence-corrected chi connectivity index (χ1v) is 7.69. The highest BCUT2D eigenvalue weighted by molar-refractivity contribution is 5.92. The van der Waals surface area contributed by atoms with Crippen molar-refractivity contribution in [1.29, 1.82) is 0 Å². The predicted molar refractivity (Wildman–Crippen MR) is 84.1 cm³/mol. The van der Waals surface area contributed by atoms with Gasteiger partial charge >= 0.3 is 0 Å². The second kappa shape index (κ2) is 6.46. The molecular weight excluding hydrogens is 280 g/mol. The Kier molecular flexibility index (Phi) is 4.40. The maximum atomic E-state index is 12.3. The van der Waals surface area contributed by atoms with Crippen LogP contribution in [0.1, 0.15) is 23.0 Å². The lowest BCUT2D eigenvalue weighted by Gasteiger charge is -2.32. The Morgan fingerprint density at radius 1 is 1.45 bits per heavy atom. The molecule has 0 spiro atoms. The lowest BCUT2D eigenvalue weighted by atomic mass is 10.2. The van der Waals surface area contributed by atoms with Gasteiger partial charge in [-0.1, -0.05) is 0 Å². The van der Waals surface area contributed by atoms with Crippen LogP contribution in [0.2, 0.25) is 0 Å². The van der Waals surface area contributed by atoms with Gasteiger partial charge in [0.15, 0.2) is 0 Å². The van der Waals surface area contributed by atoms with E-state index in [9.17, 15) is 4.79 Å². The molecule has 0 aliphatic carbocycles. The minimum absolute atomic E-state index is 0.124. The third kappa shape index (κ3) is 3.28. The fourth-order valence-electron chi connectivity index (χ4n) is 2.67. The smallest absolute Gasteiger partial charge is 0.271 e. The fourth-order valence-corrected chi connectivity index (χ4v) is 2.67. The molecular formula is C16H22N4O2. The van der Waals surface area contributed by atoms with Crippen molar-refractivity contribution in [1.82, 2.24) is 19.6 Å². The van der Waals surface area contributed by atoms with Gasteiger partial charge in [-0.3, -0.25) is 9.69 Å². The Morgan fingerprint density at radius 2 is 2.23 bits per heavy atom. The maximum absolute atomic E-state index is 12.3. The van der Waals surface area contributed by atoms with E-state index in [0.29, 0.717) is 18.3 Å². The Morgan fingerprint density at radius 3 is 3.00 bits per heavy atom. The van der Waals surface area contributed by atoms with Crippen LogP contribution in [0.3, 0.4) is 0 Å². The maximum Gasteiger partial charge on any atom is 0.271 e. The van der Waals surface area contributed by atoms with Crippen LogP contribution in [-0.2, 0) is 4.74 Å². The van der Waals surface area contributed by atoms with Crippen LogP contribution in [0.15, 0.2) is 24.5 Å². The van der Waals surface area contributed by atoms with Gasteiger partial charge in [0, 0.05) is 38.1 Å². The molecule has 0 unspecified atom stereocenters. The molecule has 0 bridgehead atoms. The molecule has 2 aromatic rings. The van der Waals surface area contributed by atoms with Crippen molar-refractivity contribution in [3.8, 4) is 0 Å². The summed E-state index contributed by atoms with van der Waals surface area (Å²) >= 11 is 0. The zero-order valence-corrected chi connectivity index (χ0v) is 13.1. The topological polar surface area (TPSA) is 58.9 Å². The van der Waals surface area contributed by atoms with Crippen LogP contribution < -0.4 is 5.32 Å². The number of rotatable bonds is 4. The summed E-state index contributed by atoms with van der Waals surface area (Å²) in [6, 6.07) is 4.26. The van der Waals surface area contributed by atoms with E-state index in [1.54, 1.807) is 6.20 Å². The van der Waals surface area contributed by atoms with E-state index in [1.165, 1.54) is 0 Å². The van der Waals surface area contributed by atoms with Crippen molar-refractivity contribution >= 4 is 11.6 Å². The highest BCUT2D eigenvalue weighted by Crippen LogP contribution is 2.08. The molecule has 6 nitrogen and oxygen atoms in total. The minimum atomic E-state index is -0.124. The van der Waals surface area contributed by atoms with Gasteiger partial charge in [-0.2, -0.15) is 0 Å². The van der Waals surface area contributed by atoms with Crippen molar-refractivity contribution in [3.63, 3.8) is 0 Å². The van der Waals surface area contributed by atoms with E-state index < -0.39 is 0 Å². The number of aryl methyl sites for hydroxylation is 1. The predicted octanol–water partition coefficient (Wildman–Crippen LogP) is 1.09. The van der Waals surface area contributed by atoms with Crippen molar-refractivity contribution < 1.29 is 9.53 Å². The Balaban J connectivity index is 1.60. The van der Waals surface area contributed by atoms with E-state index in [0.717, 1.165) is 37.5 Å². The summed E-state index contributed by atoms with van der Waals surface area (Å²) in [7, 11) is 0. The second-order valence-corrected chi connectivity index (χ2v) is 5.80. The molecule has 0 saturated carbocycles. The van der Waals surface area contributed by atoms with Crippen LogP contribution in [0.25, 0.3) is 5.65 Å². The number of imidazole rings is 1. The lowest BCUT2D eigenvalue weighted by molar-refractivity contribution is 0.0204. The number of nitrogens with zero attached hydrogens (tertiary/aromatic N) is 3. The summed E-state index contributed by atoms with van der Waals surface area (Å²) in [5, 5.41) is 2.97. The SMILES string of the molecule is Cc1ccn2cc(C(=O)NC[C@@H](C)N3CCOCC3)nc2c1. The highest BCUT2D eigenvalue weighted by Gasteiger charge is 2.18. The monoisotopic (exact) mass is 302 g/mol. The number of morpholine rings is 1. The summed E-state index contributed by atoms with van der Waals surface area (Å²) in [4.78, 5) is 19.0. The first-order chi connectivity index (χ1) is 10.6. The number of aromatic nitrogens is 2. The molecule has 3 rings (SSSR count). The minimum Gasteiger partial charge on any atom is -0.379 e. The molecule has 1 aliphatic rings. The molecule has 22 heavy (non-hydrogen) atoms. The van der Waals surface area contributed by atoms with E-state index >= 15 is 0 Å². The van der Waals surface area contributed by atoms with Crippen LogP contribution in [0, 0.1) is 6.92 Å². The zero-order chi connectivity index (χ0) is 15.5. The molecule has 1 saturated heterocycles. The van der Waals surface area contributed by atoms with Crippen molar-refractivity contribution in [2.45, 2.75) is 19.9 Å². The Hall–Kier alpha value is -1.92. The molecule has 0 aromatic carbocycles. The first-order valence-electron chi connectivity index (χ1n) is 7.69. The quantitative estimate of drug-likeness (QED) is 0.918. The standard InChI is InChI=1S/C16H22N4O2/c1-12-3-4-20-11-14(18-15(20)9-12)16(21)17-10-13(2)19-5-7-22-8-6-19/h3-4,9,11,13H,5-8,10H2,1-2H3,(H,17,21)/t13-/m1/s1. The Bertz CT molecular complexity index is 661. The van der Waals surface area contributed by atoms with E-state index in [4.69, 9.17) is 4.74 Å². The number of ether oxygens (including phenoxy) is 1. The van der Waals surface area contributed by atoms with Crippen molar-refractivity contribution in [2.75, 3.05) is 32.8 Å². The van der Waals surface area contributed by atoms with Crippen molar-refractivity contribution in [3.05, 3.63) is 35.8 Å². The van der Waals surface area contributed by atoms with Gasteiger partial charge in [0.05, 0.1) is 13.2 Å². The van der Waals surface area contributed by atoms with E-state index in [2.05, 4.69) is 22.1 Å². The number of hydrogen-bond donors (Lipinski definition) is 1. The van der Waals surface area contributed by atoms with Crippen LogP contribution in [-0.4, -0.2) is 59.1 Å². The highest BCUT2D eigenvalue weighted by atomic mass is 16.5. The van der Waals surface area contributed by atoms with E-state index in [-0.39, 0.29) is 5.91 Å². The summed E-state index contributed by atoms with van der Waals surface area (Å²) in [5.41, 5.74) is 2.39. The van der Waals surface area contributed by atoms with Gasteiger partial charge < -0.3 is 14.5 Å². The van der Waals surface area contributed by atoms with Crippen LogP contribution >= 0.6 is 0 Å². The molecule has 1 fully saturated rings. The average molecular weight is 302 g/mol. The van der Waals surface area contributed by atoms with Gasteiger partial charge in [-0.05, 0) is 31.5 Å². The molecule has 6 heteroatoms. The Labute approximate surface area is 130 Å². The summed E-state index contributed by atoms with van der Waals surface area (Å²) in [6.45, 7) is 8.13. The number of hydrogen-bond acceptors (Lipinski definition) is 4. The van der Waals surface area contributed by atoms with Crippen molar-refractivity contribution in [2.24, 2.45) is 0 Å². The normalized spacial score (nSPS) is 17.5. The second-order valence-electron chi connectivity index (χ2n) is 5.80. The first kappa shape index (κ1) is 15.0. The number of pyridine rings is 1. The van der Waals surface area contributed by atoms with Gasteiger partial charge in [-0.15, -0.1) is 0 Å². The largest absolute Gasteiger partial charge is 0.379 e. The molecule has 2 aromatic heterocycles. The van der Waals surface area contributed by atoms with Gasteiger partial charge in [0.2, 0.25) is 0 Å². The average Bonchev–Trinajstić information content (AvgIpc) is 2.96. The number of amides is 1. The third-order valence-corrected chi connectivity index (χ3v) is 4.08. The molecule has 1 N–H and O–H groups in total. The van der Waals surface area contributed by atoms with Gasteiger partial charge in [-0.25, -0.2) is 4.98 Å². The molecule has 118 valence electrons. The molecule has 3 heterocycles. The number of carbonyl (C=O) groups is 1. The lowest BCUT2D eigenvalue weighted by Crippen LogP contribution is -2.47. The number of fused-ring (bicyclic) bond motifs is 1. The molecule has 1 atom stereocenters. The number of carbonyl (C=O) groups excluding carboxylic acids is 1. The van der Waals surface area contributed by atoms with Crippen LogP contribution in [0.5, 0.6) is 0 Å². The molecule has 0 radical (unpaired) electrons. The third-order valence-electron chi connectivity index (χ3n) is 4.08.